The molecule has 28 heavy (non-hydrogen) atoms. The van der Waals surface area contributed by atoms with Crippen LogP contribution in [-0.2, 0) is 9.47 Å². The second kappa shape index (κ2) is 18.3. The van der Waals surface area contributed by atoms with Crippen LogP contribution < -0.4 is 0 Å². The maximum atomic E-state index is 12.7. The summed E-state index contributed by atoms with van der Waals surface area (Å²) in [7, 11) is 0. The highest BCUT2D eigenvalue weighted by molar-refractivity contribution is 14.1. The van der Waals surface area contributed by atoms with E-state index >= 15 is 0 Å². The Bertz CT molecular complexity index is 410. The number of alkyl halides is 1. The van der Waals surface area contributed by atoms with Crippen LogP contribution in [0.15, 0.2) is 0 Å². The highest BCUT2D eigenvalue weighted by Crippen LogP contribution is 2.13. The smallest absolute Gasteiger partial charge is 0.410 e. The molecule has 0 aromatic rings. The van der Waals surface area contributed by atoms with Crippen LogP contribution in [0.4, 0.5) is 9.59 Å². The summed E-state index contributed by atoms with van der Waals surface area (Å²) >= 11 is 2.30. The average Bonchev–Trinajstić information content (AvgIpc) is 2.69. The maximum Gasteiger partial charge on any atom is 0.410 e. The third-order valence-corrected chi connectivity index (χ3v) is 5.54. The van der Waals surface area contributed by atoms with Gasteiger partial charge in [0.05, 0.1) is 19.3 Å². The quantitative estimate of drug-likeness (QED) is 0.148. The number of ether oxygens (including phenoxy) is 2. The molecule has 0 fully saturated rings. The molecule has 166 valence electrons. The molecule has 7 heteroatoms. The zero-order valence-corrected chi connectivity index (χ0v) is 20.5. The number of carbonyl (C=O) groups is 2. The Hall–Kier alpha value is -0.730. The normalized spacial score (nSPS) is 11.8. The van der Waals surface area contributed by atoms with Gasteiger partial charge in [-0.05, 0) is 25.7 Å². The number of rotatable bonds is 16. The van der Waals surface area contributed by atoms with Gasteiger partial charge in [-0.15, -0.1) is 0 Å². The highest BCUT2D eigenvalue weighted by Gasteiger charge is 2.28. The van der Waals surface area contributed by atoms with Gasteiger partial charge in [-0.1, -0.05) is 76.0 Å². The molecule has 0 aromatic heterocycles. The lowest BCUT2D eigenvalue weighted by Crippen LogP contribution is -2.50. The second-order valence-electron chi connectivity index (χ2n) is 7.09. The van der Waals surface area contributed by atoms with E-state index in [1.165, 1.54) is 0 Å². The molecule has 0 rings (SSSR count). The fraction of sp³-hybridized carbons (Fsp3) is 0.905. The summed E-state index contributed by atoms with van der Waals surface area (Å²) < 4.78 is 11.7. The molecule has 0 saturated heterocycles. The van der Waals surface area contributed by atoms with Crippen LogP contribution >= 0.6 is 22.6 Å². The van der Waals surface area contributed by atoms with Gasteiger partial charge in [0.2, 0.25) is 0 Å². The summed E-state index contributed by atoms with van der Waals surface area (Å²) in [5, 5.41) is 0. The second-order valence-corrected chi connectivity index (χ2v) is 7.97. The van der Waals surface area contributed by atoms with Gasteiger partial charge in [-0.25, -0.2) is 9.59 Å². The van der Waals surface area contributed by atoms with E-state index < -0.39 is 0 Å². The molecule has 1 atom stereocenters. The van der Waals surface area contributed by atoms with Crippen LogP contribution in [0.5, 0.6) is 0 Å². The zero-order chi connectivity index (χ0) is 21.2. The van der Waals surface area contributed by atoms with E-state index in [9.17, 15) is 9.59 Å². The summed E-state index contributed by atoms with van der Waals surface area (Å²) in [6.45, 7) is 11.1. The number of hydrogen-bond donors (Lipinski definition) is 0. The standard InChI is InChI=1S/C21H41IN2O4/c1-5-9-13-23(20(25)27-15-11-7-3)18-19(17-22)24(14-10-6-2)21(26)28-16-12-8-4/h19H,5-18H2,1-4H3. The molecule has 6 nitrogen and oxygen atoms in total. The van der Waals surface area contributed by atoms with E-state index in [1.54, 1.807) is 4.90 Å². The van der Waals surface area contributed by atoms with Crippen molar-refractivity contribution in [3.8, 4) is 0 Å². The number of halogens is 1. The predicted molar refractivity (Wildman–Crippen MR) is 123 cm³/mol. The summed E-state index contributed by atoms with van der Waals surface area (Å²) in [6.07, 6.45) is 7.05. The van der Waals surface area contributed by atoms with E-state index in [0.29, 0.717) is 32.8 Å². The van der Waals surface area contributed by atoms with Gasteiger partial charge >= 0.3 is 12.2 Å². The Morgan fingerprint density at radius 1 is 0.786 bits per heavy atom. The molecular weight excluding hydrogens is 471 g/mol. The van der Waals surface area contributed by atoms with Crippen molar-refractivity contribution in [2.24, 2.45) is 0 Å². The third-order valence-electron chi connectivity index (χ3n) is 4.52. The number of hydrogen-bond acceptors (Lipinski definition) is 4. The minimum Gasteiger partial charge on any atom is -0.449 e. The van der Waals surface area contributed by atoms with Crippen molar-refractivity contribution in [3.05, 3.63) is 0 Å². The Kier molecular flexibility index (Phi) is 17.8. The Balaban J connectivity index is 5.10. The Labute approximate surface area is 185 Å². The third kappa shape index (κ3) is 12.0. The van der Waals surface area contributed by atoms with Gasteiger partial charge in [-0.2, -0.15) is 0 Å². The predicted octanol–water partition coefficient (Wildman–Crippen LogP) is 5.87. The van der Waals surface area contributed by atoms with Crippen molar-refractivity contribution in [1.29, 1.82) is 0 Å². The number of unbranched alkanes of at least 4 members (excludes halogenated alkanes) is 4. The SMILES string of the molecule is CCCCOC(=O)N(CCCC)CC(CI)N(CCCC)C(=O)OCCCC. The van der Waals surface area contributed by atoms with Crippen molar-refractivity contribution in [2.45, 2.75) is 85.1 Å². The molecule has 0 aromatic carbocycles. The van der Waals surface area contributed by atoms with Crippen molar-refractivity contribution >= 4 is 34.8 Å². The van der Waals surface area contributed by atoms with Crippen molar-refractivity contribution in [2.75, 3.05) is 37.3 Å². The van der Waals surface area contributed by atoms with E-state index in [-0.39, 0.29) is 18.2 Å². The Morgan fingerprint density at radius 3 is 1.79 bits per heavy atom. The van der Waals surface area contributed by atoms with E-state index in [1.807, 2.05) is 4.90 Å². The molecule has 2 amide bonds. The lowest BCUT2D eigenvalue weighted by Gasteiger charge is -2.34. The van der Waals surface area contributed by atoms with Gasteiger partial charge < -0.3 is 19.3 Å². The minimum absolute atomic E-state index is 0.0724. The summed E-state index contributed by atoms with van der Waals surface area (Å²) in [6, 6.07) is -0.0724. The van der Waals surface area contributed by atoms with Gasteiger partial charge in [0.15, 0.2) is 0 Å². The first-order valence-electron chi connectivity index (χ1n) is 11.0. The number of amides is 2. The van der Waals surface area contributed by atoms with Gasteiger partial charge in [-0.3, -0.25) is 0 Å². The average molecular weight is 512 g/mol. The van der Waals surface area contributed by atoms with E-state index in [2.05, 4.69) is 50.3 Å². The largest absolute Gasteiger partial charge is 0.449 e. The lowest BCUT2D eigenvalue weighted by molar-refractivity contribution is 0.0677. The molecule has 0 saturated carbocycles. The Morgan fingerprint density at radius 2 is 1.29 bits per heavy atom. The molecule has 0 spiro atoms. The highest BCUT2D eigenvalue weighted by atomic mass is 127. The van der Waals surface area contributed by atoms with Crippen molar-refractivity contribution in [1.82, 2.24) is 9.80 Å². The topological polar surface area (TPSA) is 59.1 Å². The molecule has 0 aliphatic rings. The van der Waals surface area contributed by atoms with Crippen LogP contribution in [0.25, 0.3) is 0 Å². The fourth-order valence-electron chi connectivity index (χ4n) is 2.62. The molecule has 0 N–H and O–H groups in total. The maximum absolute atomic E-state index is 12.7. The summed E-state index contributed by atoms with van der Waals surface area (Å²) in [5.74, 6) is 0. The van der Waals surface area contributed by atoms with Gasteiger partial charge in [0.25, 0.3) is 0 Å². The summed E-state index contributed by atoms with van der Waals surface area (Å²) in [5.41, 5.74) is 0. The number of nitrogens with zero attached hydrogens (tertiary/aromatic N) is 2. The number of carbonyl (C=O) groups excluding carboxylic acids is 2. The van der Waals surface area contributed by atoms with Gasteiger partial charge in [0.1, 0.15) is 0 Å². The fourth-order valence-corrected chi connectivity index (χ4v) is 3.38. The van der Waals surface area contributed by atoms with Crippen molar-refractivity contribution in [3.63, 3.8) is 0 Å². The molecule has 1 unspecified atom stereocenters. The van der Waals surface area contributed by atoms with E-state index in [4.69, 9.17) is 9.47 Å². The van der Waals surface area contributed by atoms with Crippen LogP contribution in [-0.4, -0.2) is 65.3 Å². The first kappa shape index (κ1) is 27.3. The van der Waals surface area contributed by atoms with Crippen LogP contribution in [0.1, 0.15) is 79.1 Å². The summed E-state index contributed by atoms with van der Waals surface area (Å²) in [4.78, 5) is 28.8. The molecule has 0 aliphatic heterocycles. The minimum atomic E-state index is -0.272. The van der Waals surface area contributed by atoms with Crippen LogP contribution in [0.3, 0.4) is 0 Å². The molecule has 0 aliphatic carbocycles. The molecule has 0 heterocycles. The molecule has 0 bridgehead atoms. The first-order valence-corrected chi connectivity index (χ1v) is 12.5. The van der Waals surface area contributed by atoms with Crippen molar-refractivity contribution < 1.29 is 19.1 Å². The van der Waals surface area contributed by atoms with E-state index in [0.717, 1.165) is 55.8 Å². The van der Waals surface area contributed by atoms with Crippen LogP contribution in [0, 0.1) is 0 Å². The molecule has 0 radical (unpaired) electrons. The lowest BCUT2D eigenvalue weighted by atomic mass is 10.2. The van der Waals surface area contributed by atoms with Crippen LogP contribution in [0.2, 0.25) is 0 Å². The monoisotopic (exact) mass is 512 g/mol. The van der Waals surface area contributed by atoms with Gasteiger partial charge in [0, 0.05) is 24.1 Å². The first-order chi connectivity index (χ1) is 13.5. The molecular formula is C21H41IN2O4. The zero-order valence-electron chi connectivity index (χ0n) is 18.4.